The second kappa shape index (κ2) is 13.1. The zero-order valence-electron chi connectivity index (χ0n) is 19.8. The molecule has 1 aromatic rings. The number of hydrogen-bond acceptors (Lipinski definition) is 4. The van der Waals surface area contributed by atoms with Crippen molar-refractivity contribution in [2.24, 2.45) is 23.7 Å². The standard InChI is InChI=1S/C27H43NO3/c1-3-5-7-8-21-9-11-22(12-10-21)23-13-15-24(16-14-23)27(29)31-25-17-18-26(28-20-25)30-19-6-4-2/h17-18,20-24H,3-16,19H2,1-2H3. The average molecular weight is 430 g/mol. The number of esters is 1. The van der Waals surface area contributed by atoms with E-state index in [-0.39, 0.29) is 11.9 Å². The number of carbonyl (C=O) groups excluding carboxylic acids is 1. The monoisotopic (exact) mass is 429 g/mol. The van der Waals surface area contributed by atoms with Crippen LogP contribution in [0.1, 0.15) is 104 Å². The number of hydrogen-bond donors (Lipinski definition) is 0. The lowest BCUT2D eigenvalue weighted by Crippen LogP contribution is -2.30. The molecule has 3 rings (SSSR count). The predicted molar refractivity (Wildman–Crippen MR) is 125 cm³/mol. The summed E-state index contributed by atoms with van der Waals surface area (Å²) < 4.78 is 11.2. The molecular weight excluding hydrogens is 386 g/mol. The topological polar surface area (TPSA) is 48.4 Å². The maximum absolute atomic E-state index is 12.6. The third kappa shape index (κ3) is 7.80. The van der Waals surface area contributed by atoms with Crippen LogP contribution in [0.3, 0.4) is 0 Å². The van der Waals surface area contributed by atoms with Crippen molar-refractivity contribution in [1.82, 2.24) is 4.98 Å². The molecule has 0 spiro atoms. The molecule has 2 aliphatic carbocycles. The fourth-order valence-corrected chi connectivity index (χ4v) is 5.49. The van der Waals surface area contributed by atoms with Crippen molar-refractivity contribution < 1.29 is 14.3 Å². The first-order valence-corrected chi connectivity index (χ1v) is 13.0. The lowest BCUT2D eigenvalue weighted by atomic mass is 9.68. The van der Waals surface area contributed by atoms with Crippen molar-refractivity contribution in [2.75, 3.05) is 6.61 Å². The molecule has 31 heavy (non-hydrogen) atoms. The van der Waals surface area contributed by atoms with Crippen molar-refractivity contribution in [3.63, 3.8) is 0 Å². The molecule has 0 bridgehead atoms. The minimum Gasteiger partial charge on any atom is -0.478 e. The van der Waals surface area contributed by atoms with Gasteiger partial charge in [-0.25, -0.2) is 4.98 Å². The van der Waals surface area contributed by atoms with Gasteiger partial charge in [-0.1, -0.05) is 58.8 Å². The molecule has 0 atom stereocenters. The summed E-state index contributed by atoms with van der Waals surface area (Å²) in [6, 6.07) is 3.57. The number of aromatic nitrogens is 1. The second-order valence-corrected chi connectivity index (χ2v) is 9.84. The van der Waals surface area contributed by atoms with Gasteiger partial charge in [0.05, 0.1) is 18.7 Å². The van der Waals surface area contributed by atoms with Crippen molar-refractivity contribution in [2.45, 2.75) is 104 Å². The van der Waals surface area contributed by atoms with E-state index < -0.39 is 0 Å². The molecule has 0 N–H and O–H groups in total. The lowest BCUT2D eigenvalue weighted by Gasteiger charge is -2.37. The normalized spacial score (nSPS) is 26.4. The summed E-state index contributed by atoms with van der Waals surface area (Å²) in [5, 5.41) is 0. The highest BCUT2D eigenvalue weighted by Crippen LogP contribution is 2.42. The summed E-state index contributed by atoms with van der Waals surface area (Å²) in [5.74, 6) is 3.77. The van der Waals surface area contributed by atoms with Crippen LogP contribution in [0.15, 0.2) is 18.3 Å². The van der Waals surface area contributed by atoms with E-state index >= 15 is 0 Å². The molecule has 0 aliphatic heterocycles. The van der Waals surface area contributed by atoms with Gasteiger partial charge in [-0.15, -0.1) is 0 Å². The van der Waals surface area contributed by atoms with Crippen LogP contribution in [0.5, 0.6) is 11.6 Å². The van der Waals surface area contributed by atoms with Gasteiger partial charge in [-0.3, -0.25) is 4.79 Å². The summed E-state index contributed by atoms with van der Waals surface area (Å²) in [5.41, 5.74) is 0. The summed E-state index contributed by atoms with van der Waals surface area (Å²) >= 11 is 0. The van der Waals surface area contributed by atoms with Crippen LogP contribution in [-0.4, -0.2) is 17.6 Å². The van der Waals surface area contributed by atoms with Crippen LogP contribution in [0.2, 0.25) is 0 Å². The maximum atomic E-state index is 12.6. The number of pyridine rings is 1. The second-order valence-electron chi connectivity index (χ2n) is 9.84. The van der Waals surface area contributed by atoms with Gasteiger partial charge in [0.1, 0.15) is 5.75 Å². The van der Waals surface area contributed by atoms with Gasteiger partial charge in [-0.2, -0.15) is 0 Å². The molecule has 2 saturated carbocycles. The average Bonchev–Trinajstić information content (AvgIpc) is 2.81. The Morgan fingerprint density at radius 3 is 2.19 bits per heavy atom. The van der Waals surface area contributed by atoms with Crippen molar-refractivity contribution >= 4 is 5.97 Å². The highest BCUT2D eigenvalue weighted by Gasteiger charge is 2.33. The molecule has 4 nitrogen and oxygen atoms in total. The molecule has 1 aromatic heterocycles. The Morgan fingerprint density at radius 2 is 1.58 bits per heavy atom. The summed E-state index contributed by atoms with van der Waals surface area (Å²) in [6.07, 6.45) is 19.3. The number of nitrogens with zero attached hydrogens (tertiary/aromatic N) is 1. The maximum Gasteiger partial charge on any atom is 0.314 e. The van der Waals surface area contributed by atoms with Gasteiger partial charge in [0.15, 0.2) is 0 Å². The minimum atomic E-state index is -0.0838. The number of rotatable bonds is 11. The van der Waals surface area contributed by atoms with Gasteiger partial charge in [-0.05, 0) is 68.8 Å². The van der Waals surface area contributed by atoms with Crippen molar-refractivity contribution in [1.29, 1.82) is 0 Å². The van der Waals surface area contributed by atoms with Crippen LogP contribution in [0.4, 0.5) is 0 Å². The quantitative estimate of drug-likeness (QED) is 0.272. The van der Waals surface area contributed by atoms with Crippen LogP contribution in [-0.2, 0) is 4.79 Å². The molecular formula is C27H43NO3. The van der Waals surface area contributed by atoms with E-state index in [0.29, 0.717) is 18.2 Å². The minimum absolute atomic E-state index is 0.0436. The zero-order chi connectivity index (χ0) is 21.9. The van der Waals surface area contributed by atoms with Gasteiger partial charge < -0.3 is 9.47 Å². The molecule has 174 valence electrons. The first-order chi connectivity index (χ1) is 15.2. The molecule has 0 amide bonds. The summed E-state index contributed by atoms with van der Waals surface area (Å²) in [6.45, 7) is 5.10. The van der Waals surface area contributed by atoms with Gasteiger partial charge >= 0.3 is 5.97 Å². The van der Waals surface area contributed by atoms with Crippen LogP contribution >= 0.6 is 0 Å². The van der Waals surface area contributed by atoms with E-state index in [0.717, 1.165) is 43.4 Å². The molecule has 2 fully saturated rings. The Labute approximate surface area is 189 Å². The van der Waals surface area contributed by atoms with Crippen LogP contribution in [0, 0.1) is 23.7 Å². The van der Waals surface area contributed by atoms with E-state index in [9.17, 15) is 4.79 Å². The first-order valence-electron chi connectivity index (χ1n) is 13.0. The van der Waals surface area contributed by atoms with Crippen LogP contribution in [0.25, 0.3) is 0 Å². The van der Waals surface area contributed by atoms with Crippen molar-refractivity contribution in [3.8, 4) is 11.6 Å². The highest BCUT2D eigenvalue weighted by molar-refractivity contribution is 5.75. The van der Waals surface area contributed by atoms with E-state index in [1.807, 2.05) is 0 Å². The van der Waals surface area contributed by atoms with E-state index in [1.54, 1.807) is 18.3 Å². The number of carbonyl (C=O) groups is 1. The van der Waals surface area contributed by atoms with Gasteiger partial charge in [0.25, 0.3) is 0 Å². The molecule has 2 aliphatic rings. The van der Waals surface area contributed by atoms with Crippen molar-refractivity contribution in [3.05, 3.63) is 18.3 Å². The summed E-state index contributed by atoms with van der Waals surface area (Å²) in [4.78, 5) is 16.9. The zero-order valence-corrected chi connectivity index (χ0v) is 19.8. The smallest absolute Gasteiger partial charge is 0.314 e. The molecule has 4 heteroatoms. The Balaban J connectivity index is 1.35. The molecule has 0 saturated heterocycles. The Morgan fingerprint density at radius 1 is 0.903 bits per heavy atom. The molecule has 0 radical (unpaired) electrons. The Kier molecular flexibility index (Phi) is 10.2. The van der Waals surface area contributed by atoms with E-state index in [2.05, 4.69) is 18.8 Å². The summed E-state index contributed by atoms with van der Waals surface area (Å²) in [7, 11) is 0. The fraction of sp³-hybridized carbons (Fsp3) is 0.778. The van der Waals surface area contributed by atoms with Gasteiger partial charge in [0.2, 0.25) is 5.88 Å². The highest BCUT2D eigenvalue weighted by atomic mass is 16.5. The largest absolute Gasteiger partial charge is 0.478 e. The molecule has 0 unspecified atom stereocenters. The Bertz CT molecular complexity index is 628. The van der Waals surface area contributed by atoms with E-state index in [4.69, 9.17) is 9.47 Å². The predicted octanol–water partition coefficient (Wildman–Crippen LogP) is 7.36. The fourth-order valence-electron chi connectivity index (χ4n) is 5.49. The third-order valence-electron chi connectivity index (χ3n) is 7.55. The Hall–Kier alpha value is -1.58. The molecule has 0 aromatic carbocycles. The number of unbranched alkanes of at least 4 members (excludes halogenated alkanes) is 3. The van der Waals surface area contributed by atoms with E-state index in [1.165, 1.54) is 64.2 Å². The molecule has 1 heterocycles. The third-order valence-corrected chi connectivity index (χ3v) is 7.55. The SMILES string of the molecule is CCCCCC1CCC(C2CCC(C(=O)Oc3ccc(OCCCC)nc3)CC2)CC1. The van der Waals surface area contributed by atoms with Gasteiger partial charge in [0, 0.05) is 6.07 Å². The first kappa shape index (κ1) is 24.1. The number of ether oxygens (including phenoxy) is 2. The lowest BCUT2D eigenvalue weighted by molar-refractivity contribution is -0.140. The van der Waals surface area contributed by atoms with Crippen LogP contribution < -0.4 is 9.47 Å².